The van der Waals surface area contributed by atoms with E-state index in [1.165, 1.54) is 0 Å². The van der Waals surface area contributed by atoms with Crippen LogP contribution in [0.15, 0.2) is 77.7 Å². The van der Waals surface area contributed by atoms with Gasteiger partial charge in [-0.15, -0.1) is 0 Å². The van der Waals surface area contributed by atoms with Gasteiger partial charge in [0.25, 0.3) is 0 Å². The number of rotatable bonds is 4. The molecular formula is C22H20O3S. The number of ether oxygens (including phenoxy) is 2. The molecule has 0 spiro atoms. The molecule has 0 amide bonds. The van der Waals surface area contributed by atoms with Gasteiger partial charge in [-0.05, 0) is 58.1 Å². The van der Waals surface area contributed by atoms with Crippen LogP contribution >= 0.6 is 10.8 Å². The summed E-state index contributed by atoms with van der Waals surface area (Å²) >= 11 is 0. The van der Waals surface area contributed by atoms with E-state index in [0.717, 1.165) is 33.1 Å². The second-order valence-electron chi connectivity index (χ2n) is 6.06. The Morgan fingerprint density at radius 2 is 1.27 bits per heavy atom. The largest absolute Gasteiger partial charge is 0.497 e. The standard InChI is InChI=1S/C22H20O3S/c1-23-18-12-8-16(9-13-18)22(17-10-14-19(24-2)15-11-17)20-6-4-5-7-21(20)26(3)25-22/h4-15H,3H2,1-2H3. The molecule has 0 bridgehead atoms. The van der Waals surface area contributed by atoms with Crippen LogP contribution in [0.25, 0.3) is 0 Å². The predicted molar refractivity (Wildman–Crippen MR) is 106 cm³/mol. The molecule has 1 heterocycles. The van der Waals surface area contributed by atoms with E-state index in [1.807, 2.05) is 36.4 Å². The molecule has 1 aliphatic rings. The van der Waals surface area contributed by atoms with Gasteiger partial charge in [-0.1, -0.05) is 42.5 Å². The van der Waals surface area contributed by atoms with Crippen LogP contribution in [0.2, 0.25) is 0 Å². The van der Waals surface area contributed by atoms with Crippen molar-refractivity contribution >= 4 is 16.6 Å². The third-order valence-corrected chi connectivity index (χ3v) is 6.03. The van der Waals surface area contributed by atoms with E-state index in [2.05, 4.69) is 42.3 Å². The zero-order chi connectivity index (χ0) is 18.1. The first-order valence-electron chi connectivity index (χ1n) is 8.31. The van der Waals surface area contributed by atoms with Crippen molar-refractivity contribution in [3.05, 3.63) is 89.5 Å². The maximum absolute atomic E-state index is 6.57. The van der Waals surface area contributed by atoms with Crippen molar-refractivity contribution in [1.29, 1.82) is 0 Å². The van der Waals surface area contributed by atoms with Crippen LogP contribution < -0.4 is 9.47 Å². The van der Waals surface area contributed by atoms with Crippen LogP contribution in [0.4, 0.5) is 0 Å². The molecule has 0 saturated carbocycles. The summed E-state index contributed by atoms with van der Waals surface area (Å²) in [6.45, 7) is 0. The Morgan fingerprint density at radius 1 is 0.769 bits per heavy atom. The summed E-state index contributed by atoms with van der Waals surface area (Å²) in [5.41, 5.74) is 2.54. The molecule has 3 nitrogen and oxygen atoms in total. The molecule has 3 aromatic carbocycles. The lowest BCUT2D eigenvalue weighted by molar-refractivity contribution is 0.203. The quantitative estimate of drug-likeness (QED) is 0.610. The van der Waals surface area contributed by atoms with Crippen molar-refractivity contribution in [2.24, 2.45) is 0 Å². The minimum atomic E-state index is -0.694. The van der Waals surface area contributed by atoms with E-state index >= 15 is 0 Å². The molecule has 0 aliphatic carbocycles. The summed E-state index contributed by atoms with van der Waals surface area (Å²) in [4.78, 5) is 1.14. The Bertz CT molecular complexity index is 898. The van der Waals surface area contributed by atoms with Gasteiger partial charge in [-0.2, -0.15) is 0 Å². The van der Waals surface area contributed by atoms with Crippen molar-refractivity contribution in [2.75, 3.05) is 14.2 Å². The van der Waals surface area contributed by atoms with E-state index < -0.39 is 16.4 Å². The zero-order valence-electron chi connectivity index (χ0n) is 14.8. The number of fused-ring (bicyclic) bond motifs is 1. The fraction of sp³-hybridized carbons (Fsp3) is 0.136. The van der Waals surface area contributed by atoms with Crippen molar-refractivity contribution in [1.82, 2.24) is 0 Å². The van der Waals surface area contributed by atoms with E-state index in [0.29, 0.717) is 0 Å². The molecular weight excluding hydrogens is 344 g/mol. The molecule has 0 radical (unpaired) electrons. The second-order valence-corrected chi connectivity index (χ2v) is 7.36. The number of methoxy groups -OCH3 is 2. The van der Waals surface area contributed by atoms with Gasteiger partial charge < -0.3 is 9.47 Å². The first-order chi connectivity index (χ1) is 12.7. The maximum atomic E-state index is 6.57. The normalized spacial score (nSPS) is 17.5. The van der Waals surface area contributed by atoms with E-state index in [-0.39, 0.29) is 0 Å². The third kappa shape index (κ3) is 2.54. The van der Waals surface area contributed by atoms with Gasteiger partial charge >= 0.3 is 0 Å². The lowest BCUT2D eigenvalue weighted by atomic mass is 9.80. The maximum Gasteiger partial charge on any atom is 0.159 e. The first-order valence-corrected chi connectivity index (χ1v) is 9.63. The fourth-order valence-electron chi connectivity index (χ4n) is 3.42. The van der Waals surface area contributed by atoms with Crippen molar-refractivity contribution < 1.29 is 13.7 Å². The Kier molecular flexibility index (Phi) is 4.31. The highest BCUT2D eigenvalue weighted by molar-refractivity contribution is 8.10. The smallest absolute Gasteiger partial charge is 0.159 e. The van der Waals surface area contributed by atoms with Gasteiger partial charge in [0.15, 0.2) is 5.60 Å². The molecule has 3 aromatic rings. The SMILES string of the molecule is C=S1OC(c2ccc(OC)cc2)(c2ccc(OC)cc2)c2ccccc21. The second kappa shape index (κ2) is 6.63. The van der Waals surface area contributed by atoms with Gasteiger partial charge in [0.05, 0.1) is 14.2 Å². The number of hydrogen-bond acceptors (Lipinski definition) is 3. The van der Waals surface area contributed by atoms with Crippen LogP contribution in [-0.4, -0.2) is 20.1 Å². The van der Waals surface area contributed by atoms with Gasteiger partial charge in [0, 0.05) is 10.5 Å². The molecule has 1 atom stereocenters. The van der Waals surface area contributed by atoms with Gasteiger partial charge in [-0.25, -0.2) is 0 Å². The van der Waals surface area contributed by atoms with E-state index in [1.54, 1.807) is 14.2 Å². The van der Waals surface area contributed by atoms with Crippen LogP contribution in [0.3, 0.4) is 0 Å². The van der Waals surface area contributed by atoms with E-state index in [4.69, 9.17) is 13.7 Å². The van der Waals surface area contributed by atoms with Crippen LogP contribution in [0, 0.1) is 0 Å². The summed E-state index contributed by atoms with van der Waals surface area (Å²) in [6.07, 6.45) is 0. The molecule has 4 heteroatoms. The molecule has 4 rings (SSSR count). The zero-order valence-corrected chi connectivity index (χ0v) is 15.6. The summed E-state index contributed by atoms with van der Waals surface area (Å²) in [5, 5.41) is 0. The number of hydrogen-bond donors (Lipinski definition) is 0. The van der Waals surface area contributed by atoms with Crippen LogP contribution in [0.1, 0.15) is 16.7 Å². The molecule has 0 fully saturated rings. The first kappa shape index (κ1) is 16.9. The fourth-order valence-corrected chi connectivity index (χ4v) is 4.78. The highest BCUT2D eigenvalue weighted by Gasteiger charge is 2.45. The Hall–Kier alpha value is -2.56. The van der Waals surface area contributed by atoms with Gasteiger partial charge in [0.2, 0.25) is 0 Å². The minimum Gasteiger partial charge on any atom is -0.497 e. The summed E-state index contributed by atoms with van der Waals surface area (Å²) in [6, 6.07) is 24.4. The van der Waals surface area contributed by atoms with Crippen LogP contribution in [-0.2, 0) is 9.78 Å². The van der Waals surface area contributed by atoms with Crippen molar-refractivity contribution in [3.8, 4) is 11.5 Å². The molecule has 1 aliphatic heterocycles. The number of benzene rings is 3. The molecule has 0 N–H and O–H groups in total. The Morgan fingerprint density at radius 3 is 1.77 bits per heavy atom. The Labute approximate surface area is 156 Å². The summed E-state index contributed by atoms with van der Waals surface area (Å²) in [7, 11) is 2.79. The highest BCUT2D eigenvalue weighted by Crippen LogP contribution is 2.55. The average Bonchev–Trinajstić information content (AvgIpc) is 3.02. The molecule has 26 heavy (non-hydrogen) atoms. The van der Waals surface area contributed by atoms with E-state index in [9.17, 15) is 0 Å². The molecule has 0 saturated heterocycles. The van der Waals surface area contributed by atoms with Gasteiger partial charge in [-0.3, -0.25) is 4.18 Å². The summed E-state index contributed by atoms with van der Waals surface area (Å²) < 4.78 is 17.2. The average molecular weight is 364 g/mol. The predicted octanol–water partition coefficient (Wildman–Crippen LogP) is 5.00. The monoisotopic (exact) mass is 364 g/mol. The van der Waals surface area contributed by atoms with Crippen LogP contribution in [0.5, 0.6) is 11.5 Å². The minimum absolute atomic E-state index is 0.545. The van der Waals surface area contributed by atoms with Gasteiger partial charge in [0.1, 0.15) is 11.5 Å². The molecule has 1 unspecified atom stereocenters. The molecule has 0 aromatic heterocycles. The highest BCUT2D eigenvalue weighted by atomic mass is 32.2. The Balaban J connectivity index is 1.96. The van der Waals surface area contributed by atoms with Crippen molar-refractivity contribution in [3.63, 3.8) is 0 Å². The lowest BCUT2D eigenvalue weighted by Gasteiger charge is -2.30. The van der Waals surface area contributed by atoms with Crippen molar-refractivity contribution in [2.45, 2.75) is 10.5 Å². The lowest BCUT2D eigenvalue weighted by Crippen LogP contribution is -2.28. The molecule has 132 valence electrons. The summed E-state index contributed by atoms with van der Waals surface area (Å²) in [5.74, 6) is 5.88. The topological polar surface area (TPSA) is 27.7 Å². The third-order valence-electron chi connectivity index (χ3n) is 4.73.